The smallest absolute Gasteiger partial charge is 0.410 e. The zero-order chi connectivity index (χ0) is 20.1. The second-order valence-electron chi connectivity index (χ2n) is 6.05. The molecule has 1 N–H and O–H groups in total. The molecule has 0 bridgehead atoms. The van der Waals surface area contributed by atoms with Gasteiger partial charge in [-0.3, -0.25) is 4.90 Å². The lowest BCUT2D eigenvalue weighted by Gasteiger charge is -2.22. The largest absolute Gasteiger partial charge is 0.480 e. The van der Waals surface area contributed by atoms with E-state index in [4.69, 9.17) is 8.85 Å². The van der Waals surface area contributed by atoms with Gasteiger partial charge in [-0.15, -0.1) is 0 Å². The number of carboxylic acids is 1. The summed E-state index contributed by atoms with van der Waals surface area (Å²) in [5, 5.41) is 9.36. The third kappa shape index (κ3) is 2.65. The lowest BCUT2D eigenvalue weighted by molar-refractivity contribution is -0.141. The minimum absolute atomic E-state index is 0.0604. The Morgan fingerprint density at radius 1 is 1.16 bits per heavy atom. The zero-order valence-corrected chi connectivity index (χ0v) is 13.4. The number of likely N-dealkylation sites (tertiary alicyclic amines) is 1. The first-order chi connectivity index (χ1) is 13.3. The number of benzene rings is 2. The Labute approximate surface area is 150 Å². The minimum Gasteiger partial charge on any atom is -0.480 e. The molecule has 0 aromatic heterocycles. The molecule has 1 fully saturated rings. The van der Waals surface area contributed by atoms with Gasteiger partial charge in [-0.2, -0.15) is 0 Å². The van der Waals surface area contributed by atoms with Gasteiger partial charge in [0.15, 0.2) is 0 Å². The van der Waals surface area contributed by atoms with Crippen LogP contribution in [0.15, 0.2) is 48.5 Å². The highest BCUT2D eigenvalue weighted by Gasteiger charge is 2.36. The van der Waals surface area contributed by atoms with Crippen molar-refractivity contribution < 1.29 is 23.5 Å². The number of nitrogens with zero attached hydrogens (tertiary/aromatic N) is 1. The molecule has 5 heteroatoms. The number of hydrogen-bond acceptors (Lipinski definition) is 3. The molecule has 25 heavy (non-hydrogen) atoms. The highest BCUT2D eigenvalue weighted by atomic mass is 16.6. The molecule has 0 spiro atoms. The molecule has 1 saturated heterocycles. The van der Waals surface area contributed by atoms with Gasteiger partial charge in [0, 0.05) is 15.2 Å². The van der Waals surface area contributed by atoms with Crippen molar-refractivity contribution >= 4 is 12.1 Å². The average molecular weight is 340 g/mol. The summed E-state index contributed by atoms with van der Waals surface area (Å²) in [6.45, 7) is -2.31. The Morgan fingerprint density at radius 2 is 1.76 bits per heavy atom. The van der Waals surface area contributed by atoms with E-state index in [1.165, 1.54) is 0 Å². The summed E-state index contributed by atoms with van der Waals surface area (Å²) < 4.78 is 29.4. The molecule has 1 aliphatic carbocycles. The van der Waals surface area contributed by atoms with E-state index < -0.39 is 24.6 Å². The normalized spacial score (nSPS) is 25.4. The van der Waals surface area contributed by atoms with Crippen LogP contribution in [-0.2, 0) is 9.53 Å². The van der Waals surface area contributed by atoms with Crippen molar-refractivity contribution in [3.63, 3.8) is 0 Å². The average Bonchev–Trinajstić information content (AvgIpc) is 3.12. The molecule has 2 aliphatic rings. The lowest BCUT2D eigenvalue weighted by atomic mass is 9.98. The van der Waals surface area contributed by atoms with Gasteiger partial charge in [0.05, 0.1) is 1.37 Å². The van der Waals surface area contributed by atoms with E-state index in [1.54, 1.807) is 0 Å². The molecule has 2 aromatic rings. The fraction of sp³-hybridized carbons (Fsp3) is 0.300. The second kappa shape index (κ2) is 6.24. The summed E-state index contributed by atoms with van der Waals surface area (Å²) >= 11 is 0. The Balaban J connectivity index is 1.60. The van der Waals surface area contributed by atoms with E-state index >= 15 is 0 Å². The van der Waals surface area contributed by atoms with Gasteiger partial charge in [0.1, 0.15) is 12.6 Å². The molecule has 2 aromatic carbocycles. The van der Waals surface area contributed by atoms with Crippen molar-refractivity contribution in [2.24, 2.45) is 0 Å². The summed E-state index contributed by atoms with van der Waals surface area (Å²) in [6.07, 6.45) is -1.64. The van der Waals surface area contributed by atoms with Crippen molar-refractivity contribution in [1.29, 1.82) is 0 Å². The lowest BCUT2D eigenvalue weighted by Crippen LogP contribution is -2.41. The van der Waals surface area contributed by atoms with Crippen LogP contribution in [0.2, 0.25) is 0 Å². The van der Waals surface area contributed by atoms with E-state index in [0.717, 1.165) is 22.3 Å². The number of carbonyl (C=O) groups is 2. The van der Waals surface area contributed by atoms with E-state index in [2.05, 4.69) is 0 Å². The maximum Gasteiger partial charge on any atom is 0.410 e. The predicted molar refractivity (Wildman–Crippen MR) is 92.4 cm³/mol. The molecule has 1 amide bonds. The van der Waals surface area contributed by atoms with E-state index in [-0.39, 0.29) is 25.4 Å². The first kappa shape index (κ1) is 12.5. The number of amides is 1. The summed E-state index contributed by atoms with van der Waals surface area (Å²) in [5.41, 5.74) is 4.10. The predicted octanol–water partition coefficient (Wildman–Crippen LogP) is 3.48. The van der Waals surface area contributed by atoms with Gasteiger partial charge in [-0.05, 0) is 35.1 Å². The molecule has 128 valence electrons. The van der Waals surface area contributed by atoms with Gasteiger partial charge < -0.3 is 9.84 Å². The van der Waals surface area contributed by atoms with Crippen LogP contribution in [0, 0.1) is 0 Å². The standard InChI is InChI=1S/C20H19NO4/c22-19(23)18-10-5-11-21(18)20(24)25-12-17-15-8-3-1-6-13(15)14-7-2-4-9-16(14)17/h1-4,6-9,17-18H,5,10-12H2,(H,22,23)/t18-/m1/s1/i11D2,18D. The van der Waals surface area contributed by atoms with Crippen molar-refractivity contribution in [3.8, 4) is 11.1 Å². The fourth-order valence-electron chi connectivity index (χ4n) is 3.53. The van der Waals surface area contributed by atoms with Gasteiger partial charge >= 0.3 is 12.1 Å². The van der Waals surface area contributed by atoms with Crippen molar-refractivity contribution in [2.45, 2.75) is 24.8 Å². The van der Waals surface area contributed by atoms with Crippen molar-refractivity contribution in [2.75, 3.05) is 13.1 Å². The van der Waals surface area contributed by atoms with Crippen LogP contribution < -0.4 is 0 Å². The number of carbonyl (C=O) groups excluding carboxylic acids is 1. The molecule has 0 radical (unpaired) electrons. The monoisotopic (exact) mass is 340 g/mol. The van der Waals surface area contributed by atoms with Crippen LogP contribution >= 0.6 is 0 Å². The number of hydrogen-bond donors (Lipinski definition) is 1. The van der Waals surface area contributed by atoms with E-state index in [1.807, 2.05) is 48.5 Å². The third-order valence-electron chi connectivity index (χ3n) is 4.67. The first-order valence-corrected chi connectivity index (χ1v) is 8.14. The number of carboxylic acid groups (broad SMARTS) is 1. The number of fused-ring (bicyclic) bond motifs is 3. The third-order valence-corrected chi connectivity index (χ3v) is 4.67. The zero-order valence-electron chi connectivity index (χ0n) is 16.4. The van der Waals surface area contributed by atoms with Crippen molar-refractivity contribution in [3.05, 3.63) is 59.7 Å². The van der Waals surface area contributed by atoms with Gasteiger partial charge in [-0.25, -0.2) is 9.59 Å². The molecule has 5 nitrogen and oxygen atoms in total. The maximum absolute atomic E-state index is 12.6. The van der Waals surface area contributed by atoms with Crippen LogP contribution in [0.1, 0.15) is 34.0 Å². The number of rotatable bonds is 3. The first-order valence-electron chi connectivity index (χ1n) is 9.64. The molecule has 1 heterocycles. The van der Waals surface area contributed by atoms with Gasteiger partial charge in [0.25, 0.3) is 0 Å². The highest BCUT2D eigenvalue weighted by Crippen LogP contribution is 2.44. The Hall–Kier alpha value is -2.82. The quantitative estimate of drug-likeness (QED) is 0.929. The van der Waals surface area contributed by atoms with Crippen molar-refractivity contribution in [1.82, 2.24) is 4.90 Å². The Morgan fingerprint density at radius 3 is 2.36 bits per heavy atom. The summed E-state index contributed by atoms with van der Waals surface area (Å²) in [7, 11) is 0. The fourth-order valence-corrected chi connectivity index (χ4v) is 3.53. The molecule has 1 aliphatic heterocycles. The molecular formula is C20H19NO4. The van der Waals surface area contributed by atoms with Crippen LogP contribution in [0.5, 0.6) is 0 Å². The molecular weight excluding hydrogens is 318 g/mol. The van der Waals surface area contributed by atoms with Crippen LogP contribution in [0.3, 0.4) is 0 Å². The van der Waals surface area contributed by atoms with E-state index in [0.29, 0.717) is 4.90 Å². The summed E-state index contributed by atoms with van der Waals surface area (Å²) in [5.74, 6) is -1.79. The molecule has 4 rings (SSSR count). The topological polar surface area (TPSA) is 66.8 Å². The second-order valence-corrected chi connectivity index (χ2v) is 6.05. The molecule has 0 saturated carbocycles. The highest BCUT2D eigenvalue weighted by molar-refractivity contribution is 5.81. The van der Waals surface area contributed by atoms with Crippen LogP contribution in [0.25, 0.3) is 11.1 Å². The van der Waals surface area contributed by atoms with Crippen LogP contribution in [0.4, 0.5) is 4.79 Å². The Bertz CT molecular complexity index is 918. The van der Waals surface area contributed by atoms with Gasteiger partial charge in [-0.1, -0.05) is 48.5 Å². The Kier molecular flexibility index (Phi) is 3.13. The molecule has 1 atom stereocenters. The molecule has 0 unspecified atom stereocenters. The van der Waals surface area contributed by atoms with Crippen LogP contribution in [-0.4, -0.2) is 41.2 Å². The van der Waals surface area contributed by atoms with Gasteiger partial charge in [0.2, 0.25) is 0 Å². The summed E-state index contributed by atoms with van der Waals surface area (Å²) in [6, 6.07) is 13.2. The summed E-state index contributed by atoms with van der Waals surface area (Å²) in [4.78, 5) is 24.6. The number of ether oxygens (including phenoxy) is 1. The maximum atomic E-state index is 12.6. The number of aliphatic carboxylic acids is 1. The van der Waals surface area contributed by atoms with E-state index in [9.17, 15) is 14.7 Å². The SMILES string of the molecule is [2H]C1([2H])CC[C@]([2H])(C(=O)O)N1C(=O)OCC1c2ccccc2-c2ccccc21. The minimum atomic E-state index is -2.37.